The van der Waals surface area contributed by atoms with E-state index in [2.05, 4.69) is 15.5 Å². The maximum absolute atomic E-state index is 12.1. The first-order valence-corrected chi connectivity index (χ1v) is 9.42. The molecule has 0 spiro atoms. The van der Waals surface area contributed by atoms with Gasteiger partial charge in [-0.05, 0) is 13.0 Å². The fraction of sp³-hybridized carbons (Fsp3) is 0.462. The zero-order valence-electron chi connectivity index (χ0n) is 14.0. The number of nitrogens with zero attached hydrogens (tertiary/aromatic N) is 3. The van der Waals surface area contributed by atoms with Crippen LogP contribution in [0, 0.1) is 5.92 Å². The smallest absolute Gasteiger partial charge is 0.475 e. The molecule has 2 fully saturated rings. The van der Waals surface area contributed by atoms with Gasteiger partial charge in [0.25, 0.3) is 0 Å². The van der Waals surface area contributed by atoms with Gasteiger partial charge in [0, 0.05) is 5.92 Å². The van der Waals surface area contributed by atoms with E-state index in [0.29, 0.717) is 20.9 Å². The molecule has 3 aliphatic heterocycles. The van der Waals surface area contributed by atoms with Crippen molar-refractivity contribution >= 4 is 46.3 Å². The number of anilines is 1. The molecule has 4 heterocycles. The van der Waals surface area contributed by atoms with Gasteiger partial charge >= 0.3 is 18.3 Å². The minimum atomic E-state index is -5.08. The average molecular weight is 455 g/mol. The zero-order valence-corrected chi connectivity index (χ0v) is 15.7. The summed E-state index contributed by atoms with van der Waals surface area (Å²) in [5.74, 6) is -2.76. The molecule has 0 aromatic carbocycles. The normalized spacial score (nSPS) is 25.0. The highest BCUT2D eigenvalue weighted by atomic mass is 32.2. The Morgan fingerprint density at radius 3 is 2.52 bits per heavy atom. The number of ether oxygens (including phenoxy) is 1. The lowest BCUT2D eigenvalue weighted by atomic mass is 9.82. The van der Waals surface area contributed by atoms with Crippen LogP contribution in [0.4, 0.5) is 23.1 Å². The second-order valence-electron chi connectivity index (χ2n) is 5.87. The van der Waals surface area contributed by atoms with Gasteiger partial charge in [0.15, 0.2) is 4.34 Å². The van der Waals surface area contributed by atoms with Crippen molar-refractivity contribution in [2.75, 3.05) is 12.3 Å². The minimum Gasteiger partial charge on any atom is -0.475 e. The van der Waals surface area contributed by atoms with Crippen molar-refractivity contribution in [1.29, 1.82) is 0 Å². The summed E-state index contributed by atoms with van der Waals surface area (Å²) in [6.45, 7) is 0.702. The largest absolute Gasteiger partial charge is 0.512 e. The van der Waals surface area contributed by atoms with E-state index in [-0.39, 0.29) is 29.8 Å². The molecule has 4 rings (SSSR count). The topological polar surface area (TPSA) is 168 Å². The first-order chi connectivity index (χ1) is 13.5. The second kappa shape index (κ2) is 7.68. The van der Waals surface area contributed by atoms with Gasteiger partial charge in [-0.1, -0.05) is 23.1 Å². The average Bonchev–Trinajstić information content (AvgIpc) is 3.15. The van der Waals surface area contributed by atoms with Crippen LogP contribution >= 0.6 is 23.1 Å². The second-order valence-corrected chi connectivity index (χ2v) is 8.17. The molecule has 5 N–H and O–H groups in total. The van der Waals surface area contributed by atoms with Gasteiger partial charge in [-0.3, -0.25) is 9.69 Å². The molecule has 0 saturated carbocycles. The first-order valence-electron chi connectivity index (χ1n) is 7.79. The van der Waals surface area contributed by atoms with E-state index in [0.717, 1.165) is 6.42 Å². The maximum atomic E-state index is 12.1. The number of hydrogen-bond donors (Lipinski definition) is 4. The number of halogens is 3. The Bertz CT molecular complexity index is 891. The summed E-state index contributed by atoms with van der Waals surface area (Å²) in [6, 6.07) is -0.341. The molecule has 1 unspecified atom stereocenters. The molecule has 16 heteroatoms. The van der Waals surface area contributed by atoms with Gasteiger partial charge in [0.2, 0.25) is 16.9 Å². The van der Waals surface area contributed by atoms with Gasteiger partial charge in [0.1, 0.15) is 6.04 Å². The number of aliphatic carboxylic acids is 1. The molecular formula is C13H12F3N5O6S2. The highest BCUT2D eigenvalue weighted by molar-refractivity contribution is 8.04. The van der Waals surface area contributed by atoms with Gasteiger partial charge in [-0.15, -0.1) is 10.2 Å². The van der Waals surface area contributed by atoms with Crippen molar-refractivity contribution in [3.63, 3.8) is 0 Å². The summed E-state index contributed by atoms with van der Waals surface area (Å²) in [5.41, 5.74) is 5.57. The molecular weight excluding hydrogens is 443 g/mol. The molecule has 29 heavy (non-hydrogen) atoms. The van der Waals surface area contributed by atoms with E-state index in [1.54, 1.807) is 0 Å². The van der Waals surface area contributed by atoms with Gasteiger partial charge in [-0.25, -0.2) is 9.59 Å². The number of thioether (sulfide) groups is 1. The molecule has 3 atom stereocenters. The standard InChI is InChI=1S/C11H11N5O4S2.C2HF3O2/c12-9-14-15-10(22-9)21-6-3-1-2-13-4-5(3)16(7(4)17)8(6)20-11(18)19;3-2(4,5)1(6)7/h3-5,13H,1-2H2,(H2,12,14)(H,18,19);(H,6,7)/t3?,4-,5+;/m0./s1. The Hall–Kier alpha value is -2.59. The lowest BCUT2D eigenvalue weighted by Gasteiger charge is -2.48. The molecule has 0 bridgehead atoms. The van der Waals surface area contributed by atoms with E-state index in [1.165, 1.54) is 28.0 Å². The number of carboxylic acid groups (broad SMARTS) is 2. The highest BCUT2D eigenvalue weighted by Crippen LogP contribution is 2.52. The van der Waals surface area contributed by atoms with Crippen LogP contribution in [-0.4, -0.2) is 68.1 Å². The maximum Gasteiger partial charge on any atom is 0.512 e. The van der Waals surface area contributed by atoms with E-state index < -0.39 is 18.3 Å². The number of β-lactam (4-membered cyclic amide) rings is 1. The molecule has 1 amide bonds. The molecule has 11 nitrogen and oxygen atoms in total. The van der Waals surface area contributed by atoms with Crippen LogP contribution in [0.5, 0.6) is 0 Å². The number of carbonyl (C=O) groups is 3. The van der Waals surface area contributed by atoms with Gasteiger partial charge in [0.05, 0.1) is 10.9 Å². The quantitative estimate of drug-likeness (QED) is 0.378. The van der Waals surface area contributed by atoms with Crippen molar-refractivity contribution in [3.8, 4) is 0 Å². The number of carboxylic acids is 1. The first kappa shape index (κ1) is 21.1. The monoisotopic (exact) mass is 455 g/mol. The van der Waals surface area contributed by atoms with Gasteiger partial charge < -0.3 is 26.0 Å². The Balaban J connectivity index is 0.000000298. The fourth-order valence-electron chi connectivity index (χ4n) is 3.15. The minimum absolute atomic E-state index is 0.0495. The lowest BCUT2D eigenvalue weighted by Crippen LogP contribution is -2.71. The van der Waals surface area contributed by atoms with E-state index in [4.69, 9.17) is 25.5 Å². The number of carbonyl (C=O) groups excluding carboxylic acids is 1. The van der Waals surface area contributed by atoms with Crippen molar-refractivity contribution in [3.05, 3.63) is 10.8 Å². The third-order valence-electron chi connectivity index (χ3n) is 4.19. The summed E-state index contributed by atoms with van der Waals surface area (Å²) in [4.78, 5) is 34.2. The summed E-state index contributed by atoms with van der Waals surface area (Å²) in [5, 5.41) is 27.3. The third-order valence-corrected chi connectivity index (χ3v) is 6.19. The third kappa shape index (κ3) is 4.08. The molecule has 3 aliphatic rings. The summed E-state index contributed by atoms with van der Waals surface area (Å²) in [6.07, 6.45) is -5.72. The van der Waals surface area contributed by atoms with Crippen LogP contribution in [0.15, 0.2) is 15.1 Å². The Labute approximate surface area is 167 Å². The predicted molar refractivity (Wildman–Crippen MR) is 90.5 cm³/mol. The number of piperidine rings is 1. The summed E-state index contributed by atoms with van der Waals surface area (Å²) < 4.78 is 37.2. The number of amides is 1. The fourth-order valence-corrected chi connectivity index (χ4v) is 5.09. The number of nitrogen functional groups attached to an aromatic ring is 1. The van der Waals surface area contributed by atoms with Gasteiger partial charge in [-0.2, -0.15) is 13.2 Å². The molecule has 0 aliphatic carbocycles. The van der Waals surface area contributed by atoms with Crippen molar-refractivity contribution in [1.82, 2.24) is 20.4 Å². The van der Waals surface area contributed by atoms with E-state index in [1.807, 2.05) is 0 Å². The van der Waals surface area contributed by atoms with Crippen LogP contribution in [-0.2, 0) is 14.3 Å². The molecule has 0 radical (unpaired) electrons. The SMILES string of the molecule is Nc1nnc(SC2=C(OC(=O)O)N3C(=O)[C@H]4NCCC2[C@H]43)s1.O=C(O)C(F)(F)F. The predicted octanol–water partition coefficient (Wildman–Crippen LogP) is 0.912. The zero-order chi connectivity index (χ0) is 21.5. The van der Waals surface area contributed by atoms with Crippen LogP contribution in [0.25, 0.3) is 0 Å². The molecule has 1 aromatic heterocycles. The van der Waals surface area contributed by atoms with E-state index in [9.17, 15) is 22.8 Å². The number of aromatic nitrogens is 2. The van der Waals surface area contributed by atoms with Crippen LogP contribution < -0.4 is 11.1 Å². The molecule has 158 valence electrons. The Morgan fingerprint density at radius 1 is 1.34 bits per heavy atom. The van der Waals surface area contributed by atoms with Crippen LogP contribution in [0.3, 0.4) is 0 Å². The highest BCUT2D eigenvalue weighted by Gasteiger charge is 2.61. The van der Waals surface area contributed by atoms with Crippen molar-refractivity contribution in [2.24, 2.45) is 5.92 Å². The van der Waals surface area contributed by atoms with Crippen molar-refractivity contribution < 1.29 is 42.5 Å². The summed E-state index contributed by atoms with van der Waals surface area (Å²) in [7, 11) is 0. The molecule has 1 aromatic rings. The number of alkyl halides is 3. The number of nitrogens with two attached hydrogens (primary N) is 1. The number of rotatable bonds is 3. The van der Waals surface area contributed by atoms with Crippen LogP contribution in [0.2, 0.25) is 0 Å². The van der Waals surface area contributed by atoms with E-state index >= 15 is 0 Å². The molecule has 2 saturated heterocycles. The number of nitrogens with one attached hydrogen (secondary N) is 1. The van der Waals surface area contributed by atoms with Crippen molar-refractivity contribution in [2.45, 2.75) is 29.0 Å². The Kier molecular flexibility index (Phi) is 5.59. The number of hydrogen-bond acceptors (Lipinski definition) is 10. The van der Waals surface area contributed by atoms with Crippen LogP contribution in [0.1, 0.15) is 6.42 Å². The Morgan fingerprint density at radius 2 is 2.00 bits per heavy atom. The summed E-state index contributed by atoms with van der Waals surface area (Å²) >= 11 is 2.49. The lowest BCUT2D eigenvalue weighted by molar-refractivity contribution is -0.192.